The second-order valence-corrected chi connectivity index (χ2v) is 2.53. The Bertz CT molecular complexity index is 200. The molecule has 0 fully saturated rings. The molecule has 1 aliphatic heterocycles. The van der Waals surface area contributed by atoms with Crippen LogP contribution >= 0.6 is 24.8 Å². The van der Waals surface area contributed by atoms with Gasteiger partial charge in [-0.1, -0.05) is 12.6 Å². The second kappa shape index (κ2) is 3.48. The van der Waals surface area contributed by atoms with Crippen LogP contribution in [0.2, 0.25) is 0 Å². The normalized spacial score (nSPS) is 14.7. The van der Waals surface area contributed by atoms with Crippen molar-refractivity contribution in [1.29, 1.82) is 0 Å². The quantitative estimate of drug-likeness (QED) is 0.461. The minimum absolute atomic E-state index is 0.151. The van der Waals surface area contributed by atoms with E-state index in [1.54, 1.807) is 12.2 Å². The summed E-state index contributed by atoms with van der Waals surface area (Å²) in [5, 5.41) is 0. The topological polar surface area (TPSA) is 30.5 Å². The van der Waals surface area contributed by atoms with E-state index < -0.39 is 0 Å². The number of hydroxylamine groups is 1. The number of thiocarbonyl (C=S) groups is 1. The molecule has 1 rings (SSSR count). The summed E-state index contributed by atoms with van der Waals surface area (Å²) in [7, 11) is 0. The fourth-order valence-electron chi connectivity index (χ4n) is 0.441. The highest BCUT2D eigenvalue weighted by Gasteiger charge is 1.99. The molecular weight excluding hydrogens is 170 g/mol. The highest BCUT2D eigenvalue weighted by Crippen LogP contribution is 2.01. The number of hydrogen-bond donors (Lipinski definition) is 2. The molecule has 0 aliphatic carbocycles. The predicted molar refractivity (Wildman–Crippen MR) is 44.1 cm³/mol. The molecule has 0 aromatic carbocycles. The van der Waals surface area contributed by atoms with E-state index in [0.717, 1.165) is 0 Å². The highest BCUT2D eigenvalue weighted by atomic mass is 32.1. The SMILES string of the molecule is S=C(S)OC1=CC=CON1. The summed E-state index contributed by atoms with van der Waals surface area (Å²) in [5.74, 6) is 0.433. The van der Waals surface area contributed by atoms with Crippen LogP contribution in [0, 0.1) is 0 Å². The van der Waals surface area contributed by atoms with Gasteiger partial charge >= 0.3 is 0 Å². The lowest BCUT2D eigenvalue weighted by atomic mass is 10.5. The zero-order valence-corrected chi connectivity index (χ0v) is 6.61. The van der Waals surface area contributed by atoms with Crippen molar-refractivity contribution in [2.24, 2.45) is 0 Å². The molecule has 0 saturated carbocycles. The monoisotopic (exact) mass is 175 g/mol. The molecular formula is C5H5NO2S2. The van der Waals surface area contributed by atoms with Gasteiger partial charge in [-0.15, -0.1) is 0 Å². The average molecular weight is 175 g/mol. The van der Waals surface area contributed by atoms with Crippen LogP contribution < -0.4 is 5.48 Å². The molecule has 0 radical (unpaired) electrons. The molecule has 0 atom stereocenters. The van der Waals surface area contributed by atoms with E-state index in [4.69, 9.17) is 4.74 Å². The summed E-state index contributed by atoms with van der Waals surface area (Å²) in [4.78, 5) is 4.67. The van der Waals surface area contributed by atoms with Crippen molar-refractivity contribution in [3.05, 3.63) is 24.3 Å². The zero-order valence-electron chi connectivity index (χ0n) is 4.90. The molecule has 0 bridgehead atoms. The maximum Gasteiger partial charge on any atom is 0.228 e. The molecule has 1 N–H and O–H groups in total. The van der Waals surface area contributed by atoms with E-state index in [2.05, 4.69) is 35.2 Å². The second-order valence-electron chi connectivity index (χ2n) is 1.45. The van der Waals surface area contributed by atoms with Gasteiger partial charge in [0.25, 0.3) is 0 Å². The van der Waals surface area contributed by atoms with Gasteiger partial charge in [0, 0.05) is 6.08 Å². The predicted octanol–water partition coefficient (Wildman–Crippen LogP) is 1.11. The van der Waals surface area contributed by atoms with Crippen molar-refractivity contribution < 1.29 is 9.57 Å². The van der Waals surface area contributed by atoms with Gasteiger partial charge in [0.15, 0.2) is 0 Å². The van der Waals surface area contributed by atoms with E-state index >= 15 is 0 Å². The Morgan fingerprint density at radius 1 is 1.80 bits per heavy atom. The van der Waals surface area contributed by atoms with Crippen LogP contribution in [0.5, 0.6) is 0 Å². The largest absolute Gasteiger partial charge is 0.421 e. The maximum atomic E-state index is 4.86. The van der Waals surface area contributed by atoms with Crippen LogP contribution in [0.3, 0.4) is 0 Å². The van der Waals surface area contributed by atoms with Crippen molar-refractivity contribution in [2.75, 3.05) is 0 Å². The number of thiol groups is 1. The van der Waals surface area contributed by atoms with Crippen molar-refractivity contribution >= 4 is 29.2 Å². The third-order valence-corrected chi connectivity index (χ3v) is 0.926. The van der Waals surface area contributed by atoms with Gasteiger partial charge < -0.3 is 9.57 Å². The number of ether oxygens (including phenoxy) is 1. The minimum Gasteiger partial charge on any atom is -0.421 e. The molecule has 0 spiro atoms. The average Bonchev–Trinajstić information content (AvgIpc) is 1.88. The Morgan fingerprint density at radius 3 is 3.10 bits per heavy atom. The minimum atomic E-state index is 0.151. The lowest BCUT2D eigenvalue weighted by molar-refractivity contribution is 0.115. The fraction of sp³-hybridized carbons (Fsp3) is 0. The maximum absolute atomic E-state index is 4.86. The van der Waals surface area contributed by atoms with Gasteiger partial charge in [0.2, 0.25) is 10.3 Å². The van der Waals surface area contributed by atoms with E-state index in [1.165, 1.54) is 6.26 Å². The van der Waals surface area contributed by atoms with Crippen molar-refractivity contribution in [3.8, 4) is 0 Å². The van der Waals surface area contributed by atoms with E-state index in [-0.39, 0.29) is 4.38 Å². The third kappa shape index (κ3) is 2.28. The van der Waals surface area contributed by atoms with Crippen LogP contribution in [0.4, 0.5) is 0 Å². The first-order chi connectivity index (χ1) is 4.79. The summed E-state index contributed by atoms with van der Waals surface area (Å²) < 4.78 is 5.01. The Morgan fingerprint density at radius 2 is 2.60 bits per heavy atom. The number of nitrogens with one attached hydrogen (secondary N) is 1. The molecule has 5 heteroatoms. The lowest BCUT2D eigenvalue weighted by Gasteiger charge is -2.10. The molecule has 0 unspecified atom stereocenters. The first-order valence-electron chi connectivity index (χ1n) is 2.48. The van der Waals surface area contributed by atoms with Crippen molar-refractivity contribution in [3.63, 3.8) is 0 Å². The molecule has 1 heterocycles. The van der Waals surface area contributed by atoms with Gasteiger partial charge in [-0.05, 0) is 18.3 Å². The zero-order chi connectivity index (χ0) is 7.40. The van der Waals surface area contributed by atoms with Gasteiger partial charge in [0.05, 0.1) is 0 Å². The first kappa shape index (κ1) is 7.43. The summed E-state index contributed by atoms with van der Waals surface area (Å²) in [6.45, 7) is 0. The van der Waals surface area contributed by atoms with Gasteiger partial charge in [-0.3, -0.25) is 0 Å². The van der Waals surface area contributed by atoms with Crippen LogP contribution in [0.15, 0.2) is 24.3 Å². The molecule has 0 amide bonds. The Kier molecular flexibility index (Phi) is 2.58. The van der Waals surface area contributed by atoms with Crippen LogP contribution in [-0.4, -0.2) is 4.38 Å². The summed E-state index contributed by atoms with van der Waals surface area (Å²) in [5.41, 5.74) is 2.47. The summed E-state index contributed by atoms with van der Waals surface area (Å²) in [6.07, 6.45) is 4.83. The molecule has 0 saturated heterocycles. The summed E-state index contributed by atoms with van der Waals surface area (Å²) in [6, 6.07) is 0. The van der Waals surface area contributed by atoms with Crippen LogP contribution in [0.1, 0.15) is 0 Å². The van der Waals surface area contributed by atoms with Crippen molar-refractivity contribution in [2.45, 2.75) is 0 Å². The molecule has 10 heavy (non-hydrogen) atoms. The van der Waals surface area contributed by atoms with Gasteiger partial charge in [-0.25, -0.2) is 0 Å². The highest BCUT2D eigenvalue weighted by molar-refractivity contribution is 8.10. The van der Waals surface area contributed by atoms with Crippen molar-refractivity contribution in [1.82, 2.24) is 5.48 Å². The Balaban J connectivity index is 2.47. The molecule has 54 valence electrons. The number of hydrogen-bond acceptors (Lipinski definition) is 4. The lowest BCUT2D eigenvalue weighted by Crippen LogP contribution is -2.16. The van der Waals surface area contributed by atoms with Crippen LogP contribution in [0.25, 0.3) is 0 Å². The Labute approximate surface area is 69.1 Å². The summed E-state index contributed by atoms with van der Waals surface area (Å²) >= 11 is 8.31. The first-order valence-corrected chi connectivity index (χ1v) is 3.34. The van der Waals surface area contributed by atoms with E-state index in [0.29, 0.717) is 5.88 Å². The van der Waals surface area contributed by atoms with E-state index in [9.17, 15) is 0 Å². The van der Waals surface area contributed by atoms with Gasteiger partial charge in [-0.2, -0.15) is 5.48 Å². The molecule has 1 aliphatic rings. The van der Waals surface area contributed by atoms with Gasteiger partial charge in [0.1, 0.15) is 6.26 Å². The van der Waals surface area contributed by atoms with E-state index in [1.807, 2.05) is 0 Å². The smallest absolute Gasteiger partial charge is 0.228 e. The standard InChI is InChI=1S/C5H5NO2S2/c9-5(10)8-4-2-1-3-7-6-4/h1-3,6H,(H,9,10). The third-order valence-electron chi connectivity index (χ3n) is 0.751. The molecule has 3 nitrogen and oxygen atoms in total. The fourth-order valence-corrected chi connectivity index (χ4v) is 0.629. The molecule has 0 aromatic rings. The van der Waals surface area contributed by atoms with Crippen LogP contribution in [-0.2, 0) is 9.57 Å². The Hall–Kier alpha value is -0.680. The molecule has 0 aromatic heterocycles. The number of rotatable bonds is 1. The number of allylic oxidation sites excluding steroid dienone is 2.